The number of hydrogen-bond donors (Lipinski definition) is 1. The number of hydrogen-bond acceptors (Lipinski definition) is 3. The minimum Gasteiger partial charge on any atom is -0.399 e. The van der Waals surface area contributed by atoms with E-state index in [0.717, 1.165) is 30.0 Å². The molecule has 4 rings (SSSR count). The van der Waals surface area contributed by atoms with Crippen molar-refractivity contribution < 1.29 is 0 Å². The molecule has 4 heteroatoms. The maximum atomic E-state index is 5.80. The maximum absolute atomic E-state index is 5.80. The molecule has 1 unspecified atom stereocenters. The highest BCUT2D eigenvalue weighted by Crippen LogP contribution is 2.35. The Morgan fingerprint density at radius 3 is 2.90 bits per heavy atom. The Balaban J connectivity index is 1.54. The molecular formula is C17H16N4. The van der Waals surface area contributed by atoms with Crippen LogP contribution in [0.4, 0.5) is 5.69 Å². The highest BCUT2D eigenvalue weighted by atomic mass is 15.3. The topological polar surface area (TPSA) is 56.7 Å². The Kier molecular flexibility index (Phi) is 2.74. The summed E-state index contributed by atoms with van der Waals surface area (Å²) in [5.41, 5.74) is 10.4. The van der Waals surface area contributed by atoms with E-state index in [9.17, 15) is 0 Å². The summed E-state index contributed by atoms with van der Waals surface area (Å²) in [7, 11) is 0. The summed E-state index contributed by atoms with van der Waals surface area (Å²) in [5.74, 6) is 1.28. The zero-order valence-electron chi connectivity index (χ0n) is 11.6. The first kappa shape index (κ1) is 12.1. The second-order valence-electron chi connectivity index (χ2n) is 5.52. The average Bonchev–Trinajstić information content (AvgIpc) is 2.94. The molecule has 0 spiro atoms. The monoisotopic (exact) mass is 276 g/mol. The highest BCUT2D eigenvalue weighted by molar-refractivity contribution is 5.60. The fourth-order valence-corrected chi connectivity index (χ4v) is 2.94. The summed E-state index contributed by atoms with van der Waals surface area (Å²) in [6, 6.07) is 16.3. The van der Waals surface area contributed by atoms with Crippen molar-refractivity contribution in [2.45, 2.75) is 18.9 Å². The van der Waals surface area contributed by atoms with Crippen LogP contribution in [0.2, 0.25) is 0 Å². The summed E-state index contributed by atoms with van der Waals surface area (Å²) in [6.45, 7) is 0.881. The molecule has 104 valence electrons. The second-order valence-corrected chi connectivity index (χ2v) is 5.52. The minimum absolute atomic E-state index is 0.552. The van der Waals surface area contributed by atoms with Crippen molar-refractivity contribution in [3.8, 4) is 11.4 Å². The van der Waals surface area contributed by atoms with E-state index in [1.165, 1.54) is 11.1 Å². The minimum atomic E-state index is 0.552. The van der Waals surface area contributed by atoms with Gasteiger partial charge in [0.15, 0.2) is 5.82 Å². The number of rotatable bonds is 3. The number of nitrogen functional groups attached to an aromatic ring is 1. The molecule has 1 atom stereocenters. The van der Waals surface area contributed by atoms with Gasteiger partial charge in [-0.1, -0.05) is 36.4 Å². The molecule has 4 nitrogen and oxygen atoms in total. The van der Waals surface area contributed by atoms with E-state index in [0.29, 0.717) is 5.92 Å². The van der Waals surface area contributed by atoms with Gasteiger partial charge < -0.3 is 5.73 Å². The molecule has 0 amide bonds. The largest absolute Gasteiger partial charge is 0.399 e. The van der Waals surface area contributed by atoms with Crippen LogP contribution in [0.3, 0.4) is 0 Å². The second kappa shape index (κ2) is 4.74. The SMILES string of the molecule is Nc1cccc(-c2ncn(CC3Cc4ccccc43)n2)c1. The molecule has 1 aliphatic rings. The fourth-order valence-electron chi connectivity index (χ4n) is 2.94. The Morgan fingerprint density at radius 1 is 1.14 bits per heavy atom. The third-order valence-electron chi connectivity index (χ3n) is 4.05. The molecule has 0 aliphatic heterocycles. The molecule has 0 saturated carbocycles. The van der Waals surface area contributed by atoms with Gasteiger partial charge in [-0.25, -0.2) is 4.98 Å². The van der Waals surface area contributed by atoms with Crippen molar-refractivity contribution in [1.29, 1.82) is 0 Å². The van der Waals surface area contributed by atoms with Crippen LogP contribution in [-0.4, -0.2) is 14.8 Å². The van der Waals surface area contributed by atoms with E-state index in [1.807, 2.05) is 28.9 Å². The Morgan fingerprint density at radius 2 is 2.05 bits per heavy atom. The summed E-state index contributed by atoms with van der Waals surface area (Å²) >= 11 is 0. The lowest BCUT2D eigenvalue weighted by molar-refractivity contribution is 0.475. The van der Waals surface area contributed by atoms with Crippen molar-refractivity contribution >= 4 is 5.69 Å². The molecule has 2 aromatic carbocycles. The van der Waals surface area contributed by atoms with Gasteiger partial charge in [0.2, 0.25) is 0 Å². The molecule has 0 fully saturated rings. The summed E-state index contributed by atoms with van der Waals surface area (Å²) in [4.78, 5) is 4.39. The van der Waals surface area contributed by atoms with E-state index in [1.54, 1.807) is 6.33 Å². The van der Waals surface area contributed by atoms with Crippen molar-refractivity contribution in [3.05, 3.63) is 66.0 Å². The predicted molar refractivity (Wildman–Crippen MR) is 82.8 cm³/mol. The average molecular weight is 276 g/mol. The van der Waals surface area contributed by atoms with Crippen LogP contribution in [0.1, 0.15) is 17.0 Å². The highest BCUT2D eigenvalue weighted by Gasteiger charge is 2.25. The lowest BCUT2D eigenvalue weighted by Gasteiger charge is -2.29. The Bertz CT molecular complexity index is 791. The standard InChI is InChI=1S/C17H16N4/c18-15-6-3-5-13(9-15)17-19-11-21(20-17)10-14-8-12-4-1-2-7-16(12)14/h1-7,9,11,14H,8,10,18H2. The number of benzene rings is 2. The van der Waals surface area contributed by atoms with Crippen molar-refractivity contribution in [3.63, 3.8) is 0 Å². The number of aromatic nitrogens is 3. The lowest BCUT2D eigenvalue weighted by atomic mass is 9.78. The van der Waals surface area contributed by atoms with Crippen LogP contribution >= 0.6 is 0 Å². The third-order valence-corrected chi connectivity index (χ3v) is 4.05. The van der Waals surface area contributed by atoms with Gasteiger partial charge in [0.05, 0.1) is 0 Å². The van der Waals surface area contributed by atoms with E-state index in [4.69, 9.17) is 5.73 Å². The molecule has 0 saturated heterocycles. The number of fused-ring (bicyclic) bond motifs is 1. The summed E-state index contributed by atoms with van der Waals surface area (Å²) in [6.07, 6.45) is 2.93. The first-order valence-electron chi connectivity index (χ1n) is 7.13. The van der Waals surface area contributed by atoms with Gasteiger partial charge in [-0.05, 0) is 29.7 Å². The van der Waals surface area contributed by atoms with Crippen LogP contribution in [0.25, 0.3) is 11.4 Å². The van der Waals surface area contributed by atoms with Gasteiger partial charge in [0, 0.05) is 23.7 Å². The Hall–Kier alpha value is -2.62. The molecule has 0 radical (unpaired) electrons. The van der Waals surface area contributed by atoms with Crippen LogP contribution in [0, 0.1) is 0 Å². The van der Waals surface area contributed by atoms with Crippen LogP contribution in [0.15, 0.2) is 54.9 Å². The summed E-state index contributed by atoms with van der Waals surface area (Å²) in [5, 5.41) is 4.57. The van der Waals surface area contributed by atoms with E-state index < -0.39 is 0 Å². The zero-order valence-corrected chi connectivity index (χ0v) is 11.6. The van der Waals surface area contributed by atoms with Gasteiger partial charge in [-0.3, -0.25) is 4.68 Å². The molecule has 0 bridgehead atoms. The quantitative estimate of drug-likeness (QED) is 0.748. The molecule has 21 heavy (non-hydrogen) atoms. The maximum Gasteiger partial charge on any atom is 0.181 e. The molecular weight excluding hydrogens is 260 g/mol. The molecule has 1 aliphatic carbocycles. The van der Waals surface area contributed by atoms with Gasteiger partial charge in [0.25, 0.3) is 0 Å². The van der Waals surface area contributed by atoms with Crippen LogP contribution in [-0.2, 0) is 13.0 Å². The molecule has 1 heterocycles. The lowest BCUT2D eigenvalue weighted by Crippen LogP contribution is -2.22. The number of anilines is 1. The first-order valence-corrected chi connectivity index (χ1v) is 7.13. The van der Waals surface area contributed by atoms with Crippen molar-refractivity contribution in [2.24, 2.45) is 0 Å². The fraction of sp³-hybridized carbons (Fsp3) is 0.176. The van der Waals surface area contributed by atoms with Crippen molar-refractivity contribution in [1.82, 2.24) is 14.8 Å². The number of nitrogens with zero attached hydrogens (tertiary/aromatic N) is 3. The predicted octanol–water partition coefficient (Wildman–Crippen LogP) is 2.87. The van der Waals surface area contributed by atoms with Gasteiger partial charge in [-0.2, -0.15) is 5.10 Å². The van der Waals surface area contributed by atoms with Gasteiger partial charge >= 0.3 is 0 Å². The molecule has 1 aromatic heterocycles. The summed E-state index contributed by atoms with van der Waals surface area (Å²) < 4.78 is 1.93. The third kappa shape index (κ3) is 2.18. The zero-order chi connectivity index (χ0) is 14.2. The van der Waals surface area contributed by atoms with Crippen LogP contribution < -0.4 is 5.73 Å². The van der Waals surface area contributed by atoms with Gasteiger partial charge in [-0.15, -0.1) is 0 Å². The smallest absolute Gasteiger partial charge is 0.181 e. The van der Waals surface area contributed by atoms with E-state index in [2.05, 4.69) is 34.3 Å². The number of nitrogens with two attached hydrogens (primary N) is 1. The molecule has 2 N–H and O–H groups in total. The molecule has 3 aromatic rings. The first-order chi connectivity index (χ1) is 10.3. The van der Waals surface area contributed by atoms with Gasteiger partial charge in [0.1, 0.15) is 6.33 Å². The van der Waals surface area contributed by atoms with E-state index in [-0.39, 0.29) is 0 Å². The van der Waals surface area contributed by atoms with Crippen molar-refractivity contribution in [2.75, 3.05) is 5.73 Å². The van der Waals surface area contributed by atoms with E-state index >= 15 is 0 Å². The normalized spacial score (nSPS) is 16.3. The van der Waals surface area contributed by atoms with Crippen LogP contribution in [0.5, 0.6) is 0 Å². The Labute approximate surface area is 123 Å².